The number of methoxy groups -OCH3 is 1. The highest BCUT2D eigenvalue weighted by molar-refractivity contribution is 5.30. The van der Waals surface area contributed by atoms with Crippen molar-refractivity contribution in [1.29, 1.82) is 0 Å². The van der Waals surface area contributed by atoms with Crippen LogP contribution in [0.15, 0.2) is 24.3 Å². The van der Waals surface area contributed by atoms with Crippen molar-refractivity contribution in [3.8, 4) is 5.75 Å². The van der Waals surface area contributed by atoms with Gasteiger partial charge in [0.1, 0.15) is 5.75 Å². The van der Waals surface area contributed by atoms with Gasteiger partial charge in [0.15, 0.2) is 0 Å². The van der Waals surface area contributed by atoms with Crippen molar-refractivity contribution in [2.45, 2.75) is 12.1 Å². The lowest BCUT2D eigenvalue weighted by molar-refractivity contribution is -0.00104. The van der Waals surface area contributed by atoms with E-state index in [1.165, 1.54) is 0 Å². The largest absolute Gasteiger partial charge is 0.497 e. The number of rotatable bonds is 5. The molecule has 2 N–H and O–H groups in total. The van der Waals surface area contributed by atoms with Crippen LogP contribution in [0.4, 0.5) is 0 Å². The van der Waals surface area contributed by atoms with Crippen LogP contribution < -0.4 is 10.1 Å². The molecule has 0 bridgehead atoms. The van der Waals surface area contributed by atoms with Crippen molar-refractivity contribution in [2.24, 2.45) is 0 Å². The quantitative estimate of drug-likeness (QED) is 0.818. The van der Waals surface area contributed by atoms with E-state index < -0.39 is 6.10 Å². The van der Waals surface area contributed by atoms with Crippen molar-refractivity contribution in [2.75, 3.05) is 52.9 Å². The van der Waals surface area contributed by atoms with Gasteiger partial charge in [-0.25, -0.2) is 0 Å². The average Bonchev–Trinajstić information content (AvgIpc) is 2.51. The maximum atomic E-state index is 10.4. The van der Waals surface area contributed by atoms with E-state index >= 15 is 0 Å². The van der Waals surface area contributed by atoms with Gasteiger partial charge in [0.2, 0.25) is 0 Å². The van der Waals surface area contributed by atoms with E-state index in [0.717, 1.165) is 50.6 Å². The van der Waals surface area contributed by atoms with Crippen LogP contribution in [-0.2, 0) is 0 Å². The van der Waals surface area contributed by atoms with Gasteiger partial charge < -0.3 is 15.2 Å². The molecule has 0 aromatic heterocycles. The molecule has 2 heterocycles. The number of β-amino-alcohol motifs (C(OH)–C–C–N with tert-alkyl or cyclic N) is 1. The fourth-order valence-electron chi connectivity index (χ4n) is 3.17. The molecule has 21 heavy (non-hydrogen) atoms. The van der Waals surface area contributed by atoms with Gasteiger partial charge in [-0.15, -0.1) is 0 Å². The summed E-state index contributed by atoms with van der Waals surface area (Å²) in [4.78, 5) is 4.89. The van der Waals surface area contributed by atoms with Crippen LogP contribution >= 0.6 is 0 Å². The molecule has 2 fully saturated rings. The third-order valence-corrected chi connectivity index (χ3v) is 4.52. The number of benzene rings is 1. The Kier molecular flexibility index (Phi) is 4.75. The molecular formula is C16H25N3O2. The third-order valence-electron chi connectivity index (χ3n) is 4.52. The summed E-state index contributed by atoms with van der Waals surface area (Å²) in [5, 5.41) is 13.7. The topological polar surface area (TPSA) is 48.0 Å². The van der Waals surface area contributed by atoms with Crippen LogP contribution in [-0.4, -0.2) is 73.9 Å². The minimum atomic E-state index is -0.441. The lowest BCUT2D eigenvalue weighted by Crippen LogP contribution is -2.63. The molecule has 2 aliphatic rings. The first-order valence-electron chi connectivity index (χ1n) is 7.75. The van der Waals surface area contributed by atoms with Gasteiger partial charge in [0, 0.05) is 51.9 Å². The summed E-state index contributed by atoms with van der Waals surface area (Å²) < 4.78 is 5.21. The summed E-state index contributed by atoms with van der Waals surface area (Å²) in [6.07, 6.45) is -0.441. The maximum absolute atomic E-state index is 10.4. The summed E-state index contributed by atoms with van der Waals surface area (Å²) in [5.41, 5.74) is 0.931. The molecule has 0 saturated carbocycles. The molecular weight excluding hydrogens is 266 g/mol. The van der Waals surface area contributed by atoms with E-state index in [0.29, 0.717) is 12.6 Å². The molecule has 0 radical (unpaired) electrons. The fraction of sp³-hybridized carbons (Fsp3) is 0.625. The normalized spacial score (nSPS) is 22.8. The zero-order valence-electron chi connectivity index (χ0n) is 12.7. The predicted octanol–water partition coefficient (Wildman–Crippen LogP) is 0.318. The van der Waals surface area contributed by atoms with E-state index in [-0.39, 0.29) is 0 Å². The van der Waals surface area contributed by atoms with E-state index in [2.05, 4.69) is 15.1 Å². The Bertz CT molecular complexity index is 457. The number of nitrogens with one attached hydrogen (secondary N) is 1. The Morgan fingerprint density at radius 1 is 1.33 bits per heavy atom. The summed E-state index contributed by atoms with van der Waals surface area (Å²) in [6, 6.07) is 8.38. The Labute approximate surface area is 126 Å². The lowest BCUT2D eigenvalue weighted by atomic mass is 10.0. The van der Waals surface area contributed by atoms with Crippen LogP contribution in [0.2, 0.25) is 0 Å². The third kappa shape index (κ3) is 3.55. The molecule has 5 heteroatoms. The Balaban J connectivity index is 1.47. The minimum Gasteiger partial charge on any atom is -0.497 e. The van der Waals surface area contributed by atoms with Crippen molar-refractivity contribution in [3.05, 3.63) is 29.8 Å². The van der Waals surface area contributed by atoms with Crippen LogP contribution in [0, 0.1) is 0 Å². The first-order valence-corrected chi connectivity index (χ1v) is 7.75. The molecule has 0 amide bonds. The number of aliphatic hydroxyl groups is 1. The fourth-order valence-corrected chi connectivity index (χ4v) is 3.17. The smallest absolute Gasteiger partial charge is 0.119 e. The molecule has 0 spiro atoms. The minimum absolute atomic E-state index is 0.441. The molecule has 2 saturated heterocycles. The molecule has 5 nitrogen and oxygen atoms in total. The van der Waals surface area contributed by atoms with Crippen LogP contribution in [0.5, 0.6) is 5.75 Å². The molecule has 1 aromatic rings. The molecule has 1 unspecified atom stereocenters. The molecule has 1 aromatic carbocycles. The predicted molar refractivity (Wildman–Crippen MR) is 82.6 cm³/mol. The van der Waals surface area contributed by atoms with Gasteiger partial charge in [-0.05, 0) is 17.7 Å². The van der Waals surface area contributed by atoms with E-state index in [1.807, 2.05) is 24.3 Å². The van der Waals surface area contributed by atoms with Gasteiger partial charge in [0.25, 0.3) is 0 Å². The Morgan fingerprint density at radius 3 is 2.81 bits per heavy atom. The number of piperazine rings is 1. The second-order valence-electron chi connectivity index (χ2n) is 5.95. The second-order valence-corrected chi connectivity index (χ2v) is 5.95. The molecule has 3 rings (SSSR count). The van der Waals surface area contributed by atoms with Gasteiger partial charge in [-0.1, -0.05) is 12.1 Å². The highest BCUT2D eigenvalue weighted by Crippen LogP contribution is 2.23. The van der Waals surface area contributed by atoms with E-state index in [9.17, 15) is 5.11 Å². The highest BCUT2D eigenvalue weighted by atomic mass is 16.5. The van der Waals surface area contributed by atoms with Crippen LogP contribution in [0.3, 0.4) is 0 Å². The molecule has 116 valence electrons. The first-order chi connectivity index (χ1) is 10.3. The SMILES string of the molecule is COc1cccc(C(O)CN2CC(N3CCNCC3)C2)c1. The number of hydrogen-bond acceptors (Lipinski definition) is 5. The zero-order chi connectivity index (χ0) is 14.7. The van der Waals surface area contributed by atoms with Crippen molar-refractivity contribution in [3.63, 3.8) is 0 Å². The molecule has 1 atom stereocenters. The molecule has 0 aliphatic carbocycles. The van der Waals surface area contributed by atoms with Crippen LogP contribution in [0.25, 0.3) is 0 Å². The standard InChI is InChI=1S/C16H25N3O2/c1-21-15-4-2-3-13(9-15)16(20)12-18-10-14(11-18)19-7-5-17-6-8-19/h2-4,9,14,16-17,20H,5-8,10-12H2,1H3. The summed E-state index contributed by atoms with van der Waals surface area (Å²) in [5.74, 6) is 0.800. The summed E-state index contributed by atoms with van der Waals surface area (Å²) in [7, 11) is 1.65. The summed E-state index contributed by atoms with van der Waals surface area (Å²) >= 11 is 0. The monoisotopic (exact) mass is 291 g/mol. The molecule has 2 aliphatic heterocycles. The number of hydrogen-bond donors (Lipinski definition) is 2. The Morgan fingerprint density at radius 2 is 2.10 bits per heavy atom. The number of ether oxygens (including phenoxy) is 1. The van der Waals surface area contributed by atoms with Crippen molar-refractivity contribution in [1.82, 2.24) is 15.1 Å². The lowest BCUT2D eigenvalue weighted by Gasteiger charge is -2.47. The number of likely N-dealkylation sites (tertiary alicyclic amines) is 1. The Hall–Kier alpha value is -1.14. The van der Waals surface area contributed by atoms with E-state index in [1.54, 1.807) is 7.11 Å². The maximum Gasteiger partial charge on any atom is 0.119 e. The second kappa shape index (κ2) is 6.75. The number of aliphatic hydroxyl groups excluding tert-OH is 1. The summed E-state index contributed by atoms with van der Waals surface area (Å²) in [6.45, 7) is 7.34. The van der Waals surface area contributed by atoms with Gasteiger partial charge in [0.05, 0.1) is 13.2 Å². The van der Waals surface area contributed by atoms with E-state index in [4.69, 9.17) is 4.74 Å². The highest BCUT2D eigenvalue weighted by Gasteiger charge is 2.33. The van der Waals surface area contributed by atoms with Gasteiger partial charge in [-0.3, -0.25) is 9.80 Å². The van der Waals surface area contributed by atoms with Crippen LogP contribution in [0.1, 0.15) is 11.7 Å². The number of nitrogens with zero attached hydrogens (tertiary/aromatic N) is 2. The van der Waals surface area contributed by atoms with Gasteiger partial charge in [-0.2, -0.15) is 0 Å². The van der Waals surface area contributed by atoms with Gasteiger partial charge >= 0.3 is 0 Å². The zero-order valence-corrected chi connectivity index (χ0v) is 12.7. The van der Waals surface area contributed by atoms with Crippen molar-refractivity contribution >= 4 is 0 Å². The average molecular weight is 291 g/mol. The first kappa shape index (κ1) is 14.8. The van der Waals surface area contributed by atoms with Crippen molar-refractivity contribution < 1.29 is 9.84 Å².